The molecule has 30 heavy (non-hydrogen) atoms. The van der Waals surface area contributed by atoms with Crippen LogP contribution in [0.5, 0.6) is 0 Å². The fraction of sp³-hybridized carbons (Fsp3) is 1.00. The second-order valence-electron chi connectivity index (χ2n) is 8.50. The predicted molar refractivity (Wildman–Crippen MR) is 103 cm³/mol. The van der Waals surface area contributed by atoms with Crippen molar-refractivity contribution in [1.29, 1.82) is 0 Å². The SMILES string of the molecule is NC1CC(NCC(O)CO)CC(OC2C[C@H](O[C@@H]3CC(O)[C@H](O)CO3)C(CO)O2)C1. The maximum absolute atomic E-state index is 9.79. The molecule has 0 aromatic carbocycles. The first-order chi connectivity index (χ1) is 14.4. The molecule has 10 atom stereocenters. The van der Waals surface area contributed by atoms with Gasteiger partial charge in [0.1, 0.15) is 12.2 Å². The summed E-state index contributed by atoms with van der Waals surface area (Å²) in [6.07, 6.45) is -2.42. The zero-order valence-corrected chi connectivity index (χ0v) is 17.1. The van der Waals surface area contributed by atoms with Gasteiger partial charge in [0.25, 0.3) is 0 Å². The molecule has 2 saturated heterocycles. The standard InChI is InChI=1S/C19H36N2O9/c20-10-1-11(21-6-12(24)7-22)3-13(2-10)28-19-5-16(17(8-23)30-19)29-18-4-14(25)15(26)9-27-18/h10-19,21-26H,1-9,20H2/t10?,11?,12?,13?,14?,15-,16+,17?,18-,19?/m1/s1. The van der Waals surface area contributed by atoms with Crippen molar-refractivity contribution >= 4 is 0 Å². The van der Waals surface area contributed by atoms with Gasteiger partial charge in [-0.15, -0.1) is 0 Å². The van der Waals surface area contributed by atoms with Gasteiger partial charge in [-0.05, 0) is 19.3 Å². The average molecular weight is 437 g/mol. The normalized spacial score (nSPS) is 43.6. The van der Waals surface area contributed by atoms with Crippen molar-refractivity contribution in [3.05, 3.63) is 0 Å². The summed E-state index contributed by atoms with van der Waals surface area (Å²) in [5.41, 5.74) is 6.16. The van der Waals surface area contributed by atoms with Crippen molar-refractivity contribution < 1.29 is 44.5 Å². The molecule has 0 aromatic heterocycles. The van der Waals surface area contributed by atoms with Gasteiger partial charge in [0, 0.05) is 31.5 Å². The summed E-state index contributed by atoms with van der Waals surface area (Å²) in [4.78, 5) is 0. The lowest BCUT2D eigenvalue weighted by Gasteiger charge is -2.35. The van der Waals surface area contributed by atoms with Crippen LogP contribution >= 0.6 is 0 Å². The highest BCUT2D eigenvalue weighted by molar-refractivity contribution is 4.88. The molecule has 3 aliphatic rings. The third kappa shape index (κ3) is 6.78. The van der Waals surface area contributed by atoms with Crippen LogP contribution in [0.4, 0.5) is 0 Å². The van der Waals surface area contributed by atoms with Crippen molar-refractivity contribution in [2.24, 2.45) is 5.73 Å². The second-order valence-corrected chi connectivity index (χ2v) is 8.50. The maximum atomic E-state index is 9.79. The first kappa shape index (κ1) is 24.2. The number of rotatable bonds is 9. The van der Waals surface area contributed by atoms with Crippen molar-refractivity contribution in [1.82, 2.24) is 5.32 Å². The van der Waals surface area contributed by atoms with Crippen LogP contribution in [0.15, 0.2) is 0 Å². The van der Waals surface area contributed by atoms with Crippen LogP contribution in [0.2, 0.25) is 0 Å². The van der Waals surface area contributed by atoms with E-state index in [1.165, 1.54) is 0 Å². The fourth-order valence-electron chi connectivity index (χ4n) is 4.27. The minimum Gasteiger partial charge on any atom is -0.394 e. The maximum Gasteiger partial charge on any atom is 0.161 e. The number of ether oxygens (including phenoxy) is 4. The van der Waals surface area contributed by atoms with Crippen molar-refractivity contribution in [3.63, 3.8) is 0 Å². The molecule has 0 amide bonds. The highest BCUT2D eigenvalue weighted by atomic mass is 16.7. The molecule has 0 spiro atoms. The molecule has 1 aliphatic carbocycles. The van der Waals surface area contributed by atoms with E-state index in [0.717, 1.165) is 6.42 Å². The summed E-state index contributed by atoms with van der Waals surface area (Å²) >= 11 is 0. The lowest BCUT2D eigenvalue weighted by atomic mass is 9.89. The quantitative estimate of drug-likeness (QED) is 0.198. The third-order valence-electron chi connectivity index (χ3n) is 5.90. The van der Waals surface area contributed by atoms with Gasteiger partial charge in [0.2, 0.25) is 0 Å². The van der Waals surface area contributed by atoms with Gasteiger partial charge in [-0.25, -0.2) is 0 Å². The van der Waals surface area contributed by atoms with E-state index >= 15 is 0 Å². The van der Waals surface area contributed by atoms with E-state index in [1.807, 2.05) is 0 Å². The van der Waals surface area contributed by atoms with Gasteiger partial charge in [0.05, 0.1) is 44.2 Å². The molecule has 0 radical (unpaired) electrons. The van der Waals surface area contributed by atoms with Crippen LogP contribution < -0.4 is 11.1 Å². The van der Waals surface area contributed by atoms with E-state index in [9.17, 15) is 20.4 Å². The van der Waals surface area contributed by atoms with E-state index in [4.69, 9.17) is 29.8 Å². The molecule has 0 bridgehead atoms. The van der Waals surface area contributed by atoms with Gasteiger partial charge < -0.3 is 55.5 Å². The molecule has 11 nitrogen and oxygen atoms in total. The van der Waals surface area contributed by atoms with Crippen molar-refractivity contribution in [2.75, 3.05) is 26.4 Å². The highest BCUT2D eigenvalue weighted by Gasteiger charge is 2.41. The van der Waals surface area contributed by atoms with Gasteiger partial charge in [-0.3, -0.25) is 0 Å². The number of hydrogen-bond acceptors (Lipinski definition) is 11. The molecule has 8 N–H and O–H groups in total. The Morgan fingerprint density at radius 2 is 1.80 bits per heavy atom. The van der Waals surface area contributed by atoms with Crippen LogP contribution in [0.3, 0.4) is 0 Å². The number of nitrogens with one attached hydrogen (secondary N) is 1. The van der Waals surface area contributed by atoms with Crippen LogP contribution in [0.25, 0.3) is 0 Å². The zero-order valence-electron chi connectivity index (χ0n) is 17.1. The second kappa shape index (κ2) is 11.4. The predicted octanol–water partition coefficient (Wildman–Crippen LogP) is -2.85. The topological polar surface area (TPSA) is 176 Å². The van der Waals surface area contributed by atoms with Gasteiger partial charge in [0.15, 0.2) is 12.6 Å². The lowest BCUT2D eigenvalue weighted by molar-refractivity contribution is -0.239. The lowest BCUT2D eigenvalue weighted by Crippen LogP contribution is -2.48. The summed E-state index contributed by atoms with van der Waals surface area (Å²) in [5, 5.41) is 50.7. The van der Waals surface area contributed by atoms with Crippen molar-refractivity contribution in [2.45, 2.75) is 93.4 Å². The number of aliphatic hydroxyl groups is 5. The van der Waals surface area contributed by atoms with E-state index < -0.39 is 43.1 Å². The van der Waals surface area contributed by atoms with E-state index in [1.54, 1.807) is 0 Å². The Labute approximate surface area is 176 Å². The first-order valence-corrected chi connectivity index (χ1v) is 10.7. The Balaban J connectivity index is 1.47. The van der Waals surface area contributed by atoms with Gasteiger partial charge in [-0.1, -0.05) is 0 Å². The van der Waals surface area contributed by atoms with Gasteiger partial charge >= 0.3 is 0 Å². The Morgan fingerprint density at radius 1 is 1.00 bits per heavy atom. The van der Waals surface area contributed by atoms with E-state index in [2.05, 4.69) is 5.32 Å². The molecule has 2 heterocycles. The van der Waals surface area contributed by atoms with E-state index in [-0.39, 0.29) is 51.0 Å². The first-order valence-electron chi connectivity index (χ1n) is 10.7. The Hall–Kier alpha value is -0.440. The molecular formula is C19H36N2O9. The minimum absolute atomic E-state index is 0.0114. The fourth-order valence-corrected chi connectivity index (χ4v) is 4.27. The Kier molecular flexibility index (Phi) is 9.23. The summed E-state index contributed by atoms with van der Waals surface area (Å²) < 4.78 is 23.2. The van der Waals surface area contributed by atoms with Crippen LogP contribution in [-0.4, -0.2) is 113 Å². The van der Waals surface area contributed by atoms with Gasteiger partial charge in [-0.2, -0.15) is 0 Å². The van der Waals surface area contributed by atoms with Crippen LogP contribution in [0.1, 0.15) is 32.1 Å². The van der Waals surface area contributed by atoms with Crippen LogP contribution in [-0.2, 0) is 18.9 Å². The molecule has 1 saturated carbocycles. The molecular weight excluding hydrogens is 400 g/mol. The van der Waals surface area contributed by atoms with Crippen molar-refractivity contribution in [3.8, 4) is 0 Å². The average Bonchev–Trinajstić information content (AvgIpc) is 3.09. The summed E-state index contributed by atoms with van der Waals surface area (Å²) in [7, 11) is 0. The monoisotopic (exact) mass is 436 g/mol. The molecule has 7 unspecified atom stereocenters. The molecule has 3 rings (SSSR count). The largest absolute Gasteiger partial charge is 0.394 e. The minimum atomic E-state index is -0.926. The number of hydrogen-bond donors (Lipinski definition) is 7. The highest BCUT2D eigenvalue weighted by Crippen LogP contribution is 2.31. The summed E-state index contributed by atoms with van der Waals surface area (Å²) in [6, 6.07) is 0.00348. The Bertz CT molecular complexity index is 516. The summed E-state index contributed by atoms with van der Waals surface area (Å²) in [6.45, 7) is -0.268. The molecule has 176 valence electrons. The molecule has 2 aliphatic heterocycles. The van der Waals surface area contributed by atoms with Crippen LogP contribution in [0, 0.1) is 0 Å². The number of nitrogens with two attached hydrogens (primary N) is 1. The zero-order chi connectivity index (χ0) is 21.7. The van der Waals surface area contributed by atoms with E-state index in [0.29, 0.717) is 19.3 Å². The Morgan fingerprint density at radius 3 is 2.50 bits per heavy atom. The summed E-state index contributed by atoms with van der Waals surface area (Å²) in [5.74, 6) is 0. The molecule has 3 fully saturated rings. The smallest absolute Gasteiger partial charge is 0.161 e. The molecule has 11 heteroatoms. The third-order valence-corrected chi connectivity index (χ3v) is 5.90. The molecule has 0 aromatic rings. The number of aliphatic hydroxyl groups excluding tert-OH is 5.